The van der Waals surface area contributed by atoms with E-state index in [9.17, 15) is 4.39 Å². The molecule has 3 rings (SSSR count). The molecule has 1 unspecified atom stereocenters. The molecular formula is C16H15FN2S. The first-order valence-corrected chi connectivity index (χ1v) is 7.32. The number of fused-ring (bicyclic) bond motifs is 1. The Morgan fingerprint density at radius 2 is 2.00 bits per heavy atom. The van der Waals surface area contributed by atoms with E-state index in [0.717, 1.165) is 11.1 Å². The van der Waals surface area contributed by atoms with Gasteiger partial charge in [0.15, 0.2) is 0 Å². The van der Waals surface area contributed by atoms with Crippen LogP contribution in [0.3, 0.4) is 0 Å². The molecule has 2 aromatic carbocycles. The number of hydrogen-bond acceptors (Lipinski definition) is 3. The van der Waals surface area contributed by atoms with E-state index in [1.54, 1.807) is 23.5 Å². The lowest BCUT2D eigenvalue weighted by atomic mass is 9.99. The van der Waals surface area contributed by atoms with Crippen molar-refractivity contribution in [2.24, 2.45) is 5.84 Å². The van der Waals surface area contributed by atoms with E-state index in [0.29, 0.717) is 6.42 Å². The molecule has 0 aliphatic carbocycles. The summed E-state index contributed by atoms with van der Waals surface area (Å²) in [6.45, 7) is 0. The Bertz CT molecular complexity index is 723. The summed E-state index contributed by atoms with van der Waals surface area (Å²) in [5, 5.41) is 3.32. The van der Waals surface area contributed by atoms with E-state index in [1.807, 2.05) is 18.2 Å². The predicted octanol–water partition coefficient (Wildman–Crippen LogP) is 3.79. The van der Waals surface area contributed by atoms with Crippen LogP contribution in [0.25, 0.3) is 10.1 Å². The highest BCUT2D eigenvalue weighted by Crippen LogP contribution is 2.31. The lowest BCUT2D eigenvalue weighted by Crippen LogP contribution is -2.29. The molecule has 2 nitrogen and oxygen atoms in total. The third kappa shape index (κ3) is 2.58. The predicted molar refractivity (Wildman–Crippen MR) is 82.0 cm³/mol. The number of thiophene rings is 1. The Balaban J connectivity index is 1.93. The average Bonchev–Trinajstić information content (AvgIpc) is 2.89. The molecule has 0 saturated carbocycles. The highest BCUT2D eigenvalue weighted by molar-refractivity contribution is 7.17. The molecule has 0 spiro atoms. The molecule has 1 atom stereocenters. The zero-order chi connectivity index (χ0) is 13.9. The second kappa shape index (κ2) is 5.71. The largest absolute Gasteiger partial charge is 0.271 e. The van der Waals surface area contributed by atoms with Crippen LogP contribution in [0.2, 0.25) is 0 Å². The molecule has 3 aromatic rings. The van der Waals surface area contributed by atoms with Gasteiger partial charge in [0.05, 0.1) is 6.04 Å². The van der Waals surface area contributed by atoms with Gasteiger partial charge in [-0.05, 0) is 46.5 Å². The van der Waals surface area contributed by atoms with Crippen molar-refractivity contribution in [3.05, 3.63) is 70.9 Å². The second-order valence-electron chi connectivity index (χ2n) is 4.74. The fourth-order valence-corrected chi connectivity index (χ4v) is 3.44. The number of hydrazine groups is 1. The number of nitrogens with two attached hydrogens (primary N) is 1. The van der Waals surface area contributed by atoms with E-state index < -0.39 is 0 Å². The summed E-state index contributed by atoms with van der Waals surface area (Å²) in [5.41, 5.74) is 4.95. The van der Waals surface area contributed by atoms with Gasteiger partial charge in [-0.2, -0.15) is 0 Å². The molecular weight excluding hydrogens is 271 g/mol. The van der Waals surface area contributed by atoms with E-state index in [4.69, 9.17) is 5.84 Å². The van der Waals surface area contributed by atoms with Crippen LogP contribution in [0.5, 0.6) is 0 Å². The van der Waals surface area contributed by atoms with Crippen molar-refractivity contribution in [2.75, 3.05) is 0 Å². The maximum absolute atomic E-state index is 13.3. The Morgan fingerprint density at radius 1 is 1.15 bits per heavy atom. The fourth-order valence-electron chi connectivity index (χ4n) is 2.43. The van der Waals surface area contributed by atoms with E-state index in [-0.39, 0.29) is 11.9 Å². The minimum absolute atomic E-state index is 0.0204. The molecule has 1 aromatic heterocycles. The van der Waals surface area contributed by atoms with Crippen LogP contribution >= 0.6 is 11.3 Å². The number of rotatable bonds is 4. The maximum Gasteiger partial charge on any atom is 0.123 e. The van der Waals surface area contributed by atoms with Crippen molar-refractivity contribution < 1.29 is 4.39 Å². The van der Waals surface area contributed by atoms with Crippen molar-refractivity contribution in [1.29, 1.82) is 0 Å². The SMILES string of the molecule is NNC(Cc1cccc(F)c1)c1csc2ccccc12. The van der Waals surface area contributed by atoms with Crippen LogP contribution in [0.4, 0.5) is 4.39 Å². The summed E-state index contributed by atoms with van der Waals surface area (Å²) in [5.74, 6) is 5.49. The zero-order valence-corrected chi connectivity index (χ0v) is 11.7. The maximum atomic E-state index is 13.3. The average molecular weight is 286 g/mol. The van der Waals surface area contributed by atoms with Gasteiger partial charge in [0.1, 0.15) is 5.82 Å². The van der Waals surface area contributed by atoms with Gasteiger partial charge < -0.3 is 0 Å². The first-order valence-electron chi connectivity index (χ1n) is 6.44. The Kier molecular flexibility index (Phi) is 3.78. The number of benzene rings is 2. The summed E-state index contributed by atoms with van der Waals surface area (Å²) in [6, 6.07) is 14.9. The van der Waals surface area contributed by atoms with E-state index in [1.165, 1.54) is 16.2 Å². The van der Waals surface area contributed by atoms with Crippen LogP contribution in [0.1, 0.15) is 17.2 Å². The number of hydrogen-bond donors (Lipinski definition) is 2. The van der Waals surface area contributed by atoms with Gasteiger partial charge in [-0.25, -0.2) is 4.39 Å². The van der Waals surface area contributed by atoms with E-state index in [2.05, 4.69) is 22.9 Å². The second-order valence-corrected chi connectivity index (χ2v) is 5.65. The monoisotopic (exact) mass is 286 g/mol. The van der Waals surface area contributed by atoms with Gasteiger partial charge >= 0.3 is 0 Å². The quantitative estimate of drug-likeness (QED) is 0.565. The minimum atomic E-state index is -0.214. The summed E-state index contributed by atoms with van der Waals surface area (Å²) < 4.78 is 14.5. The zero-order valence-electron chi connectivity index (χ0n) is 10.8. The van der Waals surface area contributed by atoms with Crippen LogP contribution in [0.15, 0.2) is 53.9 Å². The Labute approximate surface area is 121 Å². The summed E-state index contributed by atoms with van der Waals surface area (Å²) in [4.78, 5) is 0. The van der Waals surface area contributed by atoms with Crippen molar-refractivity contribution in [3.8, 4) is 0 Å². The summed E-state index contributed by atoms with van der Waals surface area (Å²) in [6.07, 6.45) is 0.662. The van der Waals surface area contributed by atoms with E-state index >= 15 is 0 Å². The van der Waals surface area contributed by atoms with Crippen LogP contribution < -0.4 is 11.3 Å². The molecule has 0 radical (unpaired) electrons. The molecule has 0 aliphatic rings. The van der Waals surface area contributed by atoms with Crippen LogP contribution in [-0.2, 0) is 6.42 Å². The Hall–Kier alpha value is -1.75. The smallest absolute Gasteiger partial charge is 0.123 e. The van der Waals surface area contributed by atoms with Crippen LogP contribution in [0, 0.1) is 5.82 Å². The fraction of sp³-hybridized carbons (Fsp3) is 0.125. The molecule has 20 heavy (non-hydrogen) atoms. The van der Waals surface area contributed by atoms with Gasteiger partial charge in [0, 0.05) is 4.70 Å². The summed E-state index contributed by atoms with van der Waals surface area (Å²) >= 11 is 1.70. The van der Waals surface area contributed by atoms with Gasteiger partial charge in [0.2, 0.25) is 0 Å². The molecule has 0 fully saturated rings. The molecule has 0 saturated heterocycles. The lowest BCUT2D eigenvalue weighted by molar-refractivity contribution is 0.553. The van der Waals surface area contributed by atoms with Gasteiger partial charge in [0.25, 0.3) is 0 Å². The van der Waals surface area contributed by atoms with Crippen molar-refractivity contribution in [1.82, 2.24) is 5.43 Å². The van der Waals surface area contributed by atoms with Crippen LogP contribution in [-0.4, -0.2) is 0 Å². The normalized spacial score (nSPS) is 12.7. The molecule has 4 heteroatoms. The minimum Gasteiger partial charge on any atom is -0.271 e. The van der Waals surface area contributed by atoms with Gasteiger partial charge in [-0.1, -0.05) is 30.3 Å². The molecule has 0 aliphatic heterocycles. The van der Waals surface area contributed by atoms with Gasteiger partial charge in [-0.3, -0.25) is 11.3 Å². The Morgan fingerprint density at radius 3 is 2.80 bits per heavy atom. The highest BCUT2D eigenvalue weighted by atomic mass is 32.1. The number of nitrogens with one attached hydrogen (secondary N) is 1. The van der Waals surface area contributed by atoms with Crippen molar-refractivity contribution in [2.45, 2.75) is 12.5 Å². The first kappa shape index (κ1) is 13.2. The summed E-state index contributed by atoms with van der Waals surface area (Å²) in [7, 11) is 0. The van der Waals surface area contributed by atoms with Crippen molar-refractivity contribution >= 4 is 21.4 Å². The first-order chi connectivity index (χ1) is 9.78. The molecule has 0 amide bonds. The third-order valence-electron chi connectivity index (χ3n) is 3.42. The number of halogens is 1. The molecule has 1 heterocycles. The highest BCUT2D eigenvalue weighted by Gasteiger charge is 2.15. The molecule has 3 N–H and O–H groups in total. The topological polar surface area (TPSA) is 38.0 Å². The third-order valence-corrected chi connectivity index (χ3v) is 4.40. The standard InChI is InChI=1S/C16H15FN2S/c17-12-5-3-4-11(8-12)9-15(19-18)14-10-20-16-7-2-1-6-13(14)16/h1-8,10,15,19H,9,18H2. The molecule has 0 bridgehead atoms. The van der Waals surface area contributed by atoms with Crippen molar-refractivity contribution in [3.63, 3.8) is 0 Å². The van der Waals surface area contributed by atoms with Gasteiger partial charge in [-0.15, -0.1) is 11.3 Å². The lowest BCUT2D eigenvalue weighted by Gasteiger charge is -2.15. The molecule has 102 valence electrons.